The fraction of sp³-hybridized carbons (Fsp3) is 0.250. The fourth-order valence-electron chi connectivity index (χ4n) is 7.93. The summed E-state index contributed by atoms with van der Waals surface area (Å²) in [4.78, 5) is 57.9. The number of amides is 4. The van der Waals surface area contributed by atoms with Gasteiger partial charge in [-0.15, -0.1) is 0 Å². The van der Waals surface area contributed by atoms with Crippen molar-refractivity contribution in [3.05, 3.63) is 144 Å². The molecule has 344 valence electrons. The lowest BCUT2D eigenvalue weighted by molar-refractivity contribution is 0.0941. The predicted octanol–water partition coefficient (Wildman–Crippen LogP) is 4.14. The molecule has 0 radical (unpaired) electrons. The number of benzene rings is 6. The van der Waals surface area contributed by atoms with Crippen LogP contribution < -0.4 is 31.1 Å². The molecule has 1 heterocycles. The number of sulfonamides is 2. The second kappa shape index (κ2) is 20.1. The molecule has 4 N–H and O–H groups in total. The highest BCUT2D eigenvalue weighted by Gasteiger charge is 2.29. The Kier molecular flexibility index (Phi) is 14.4. The monoisotopic (exact) mass is 932 g/mol. The highest BCUT2D eigenvalue weighted by atomic mass is 32.2. The van der Waals surface area contributed by atoms with Crippen LogP contribution in [0.4, 0.5) is 11.4 Å². The molecule has 0 spiro atoms. The molecule has 0 fully saturated rings. The molecule has 6 aromatic carbocycles. The van der Waals surface area contributed by atoms with Crippen molar-refractivity contribution in [2.45, 2.75) is 9.79 Å². The average molecular weight is 933 g/mol. The molecular weight excluding hydrogens is 881 g/mol. The van der Waals surface area contributed by atoms with Gasteiger partial charge in [0.05, 0.1) is 9.79 Å². The van der Waals surface area contributed by atoms with Crippen molar-refractivity contribution >= 4 is 76.6 Å². The number of carbonyl (C=O) groups is 4. The molecule has 0 saturated heterocycles. The van der Waals surface area contributed by atoms with Crippen molar-refractivity contribution in [1.82, 2.24) is 29.9 Å². The largest absolute Gasteiger partial charge is 0.377 e. The maximum atomic E-state index is 14.5. The van der Waals surface area contributed by atoms with Gasteiger partial charge >= 0.3 is 0 Å². The zero-order chi connectivity index (χ0) is 47.2. The zero-order valence-electron chi connectivity index (χ0n) is 37.1. The van der Waals surface area contributed by atoms with Crippen molar-refractivity contribution in [2.24, 2.45) is 0 Å². The molecule has 0 aromatic heterocycles. The van der Waals surface area contributed by atoms with E-state index in [0.717, 1.165) is 22.1 Å². The van der Waals surface area contributed by atoms with Crippen LogP contribution in [-0.2, 0) is 20.0 Å². The van der Waals surface area contributed by atoms with Crippen LogP contribution in [0.25, 0.3) is 21.5 Å². The molecule has 0 saturated carbocycles. The summed E-state index contributed by atoms with van der Waals surface area (Å²) in [6.45, 7) is -1.15. The first-order chi connectivity index (χ1) is 31.6. The van der Waals surface area contributed by atoms with Crippen LogP contribution in [0.3, 0.4) is 0 Å². The number of carbonyl (C=O) groups excluding carboxylic acids is 4. The Morgan fingerprint density at radius 2 is 0.667 bits per heavy atom. The van der Waals surface area contributed by atoms with Gasteiger partial charge in [-0.2, -0.15) is 8.61 Å². The van der Waals surface area contributed by atoms with Gasteiger partial charge in [-0.25, -0.2) is 16.8 Å². The van der Waals surface area contributed by atoms with E-state index in [-0.39, 0.29) is 84.4 Å². The second-order valence-corrected chi connectivity index (χ2v) is 19.9. The van der Waals surface area contributed by atoms with Gasteiger partial charge in [0.25, 0.3) is 23.6 Å². The quantitative estimate of drug-likeness (QED) is 0.189. The first-order valence-electron chi connectivity index (χ1n) is 21.3. The van der Waals surface area contributed by atoms with Gasteiger partial charge in [-0.05, 0) is 60.7 Å². The van der Waals surface area contributed by atoms with E-state index < -0.39 is 43.7 Å². The van der Waals surface area contributed by atoms with Crippen LogP contribution in [0.5, 0.6) is 0 Å². The molecule has 6 aromatic rings. The van der Waals surface area contributed by atoms with E-state index in [1.165, 1.54) is 69.3 Å². The number of hydrogen-bond donors (Lipinski definition) is 4. The minimum absolute atomic E-state index is 0.0554. The van der Waals surface area contributed by atoms with Gasteiger partial charge in [-0.3, -0.25) is 19.2 Å². The van der Waals surface area contributed by atoms with E-state index in [1.807, 2.05) is 62.3 Å². The molecule has 1 aliphatic heterocycles. The lowest BCUT2D eigenvalue weighted by atomic mass is 10.1. The van der Waals surface area contributed by atoms with E-state index in [2.05, 4.69) is 21.3 Å². The molecule has 7 rings (SSSR count). The van der Waals surface area contributed by atoms with E-state index in [9.17, 15) is 36.0 Å². The minimum atomic E-state index is -4.22. The Morgan fingerprint density at radius 3 is 0.970 bits per heavy atom. The molecule has 18 heteroatoms. The number of fused-ring (bicyclic) bond motifs is 6. The molecule has 66 heavy (non-hydrogen) atoms. The van der Waals surface area contributed by atoms with Crippen LogP contribution >= 0.6 is 0 Å². The van der Waals surface area contributed by atoms with Gasteiger partial charge in [0.1, 0.15) is 0 Å². The van der Waals surface area contributed by atoms with Crippen LogP contribution in [0.2, 0.25) is 0 Å². The fourth-order valence-corrected chi connectivity index (χ4v) is 11.2. The summed E-state index contributed by atoms with van der Waals surface area (Å²) in [6, 6.07) is 32.8. The molecule has 0 aliphatic carbocycles. The lowest BCUT2D eigenvalue weighted by Crippen LogP contribution is -2.43. The molecule has 0 atom stereocenters. The maximum Gasteiger partial charge on any atom is 0.251 e. The number of hydrogen-bond acceptors (Lipinski definition) is 10. The lowest BCUT2D eigenvalue weighted by Gasteiger charge is -2.24. The van der Waals surface area contributed by atoms with E-state index >= 15 is 0 Å². The SMILES string of the molecule is CN(C)c1cccc2c(S(=O)(=O)N3CCNC(=O)c4cccc(c4)C(=O)NCCN(S(=O)(=O)c4cccc5c(N(C)C)cccc45)CCNC(=O)c4cccc(c4)C(=O)NCC3)cccc12. The van der Waals surface area contributed by atoms with E-state index in [0.29, 0.717) is 10.8 Å². The number of anilines is 2. The first kappa shape index (κ1) is 47.1. The average Bonchev–Trinajstić information content (AvgIpc) is 3.31. The molecule has 16 nitrogen and oxygen atoms in total. The Morgan fingerprint density at radius 1 is 0.394 bits per heavy atom. The molecule has 4 amide bonds. The third-order valence-corrected chi connectivity index (χ3v) is 15.2. The Hall–Kier alpha value is -6.86. The molecule has 0 unspecified atom stereocenters. The van der Waals surface area contributed by atoms with Gasteiger partial charge in [0, 0.05) is 136 Å². The predicted molar refractivity (Wildman–Crippen MR) is 256 cm³/mol. The van der Waals surface area contributed by atoms with Crippen molar-refractivity contribution in [2.75, 3.05) is 90.3 Å². The van der Waals surface area contributed by atoms with Gasteiger partial charge in [0.2, 0.25) is 20.0 Å². The third kappa shape index (κ3) is 10.2. The molecular formula is C48H52N8O8S2. The number of nitrogens with one attached hydrogen (secondary N) is 4. The smallest absolute Gasteiger partial charge is 0.251 e. The highest BCUT2D eigenvalue weighted by Crippen LogP contribution is 2.33. The van der Waals surface area contributed by atoms with E-state index in [4.69, 9.17) is 0 Å². The maximum absolute atomic E-state index is 14.5. The summed E-state index contributed by atoms with van der Waals surface area (Å²) in [5, 5.41) is 13.5. The van der Waals surface area contributed by atoms with Crippen LogP contribution in [-0.4, -0.2) is 130 Å². The second-order valence-electron chi connectivity index (χ2n) is 16.0. The van der Waals surface area contributed by atoms with Crippen LogP contribution in [0.1, 0.15) is 41.4 Å². The summed E-state index contributed by atoms with van der Waals surface area (Å²) in [5.74, 6) is -2.23. The standard InChI is InChI=1S/C48H52N8O8S2/c1-53(2)41-19-7-17-39-37(41)15-9-21-43(39)65(61,62)55-27-23-49-45(57)33-11-5-13-35(31-33)47(59)51-25-29-56(30-26-52-48(60)36-14-6-12-34(32-36)46(58)50-24-28-55)66(63,64)44-22-10-16-38-40(44)18-8-20-42(38)54(3)4/h5-22,31-32H,23-30H2,1-4H3,(H,49,57)(H,50,58)(H,51,59)(H,52,60). The third-order valence-electron chi connectivity index (χ3n) is 11.3. The van der Waals surface area contributed by atoms with Crippen molar-refractivity contribution in [3.63, 3.8) is 0 Å². The minimum Gasteiger partial charge on any atom is -0.377 e. The molecule has 1 aliphatic rings. The summed E-state index contributed by atoms with van der Waals surface area (Å²) in [6.07, 6.45) is 0. The van der Waals surface area contributed by atoms with Crippen LogP contribution in [0, 0.1) is 0 Å². The molecule has 4 bridgehead atoms. The van der Waals surface area contributed by atoms with Crippen molar-refractivity contribution in [1.29, 1.82) is 0 Å². The summed E-state index contributed by atoms with van der Waals surface area (Å²) in [5.41, 5.74) is 2.20. The Balaban J connectivity index is 1.17. The van der Waals surface area contributed by atoms with Gasteiger partial charge in [0.15, 0.2) is 0 Å². The van der Waals surface area contributed by atoms with Crippen molar-refractivity contribution < 1.29 is 36.0 Å². The Labute approximate surface area is 384 Å². The van der Waals surface area contributed by atoms with Crippen LogP contribution in [0.15, 0.2) is 131 Å². The highest BCUT2D eigenvalue weighted by molar-refractivity contribution is 7.89. The van der Waals surface area contributed by atoms with E-state index in [1.54, 1.807) is 36.4 Å². The Bertz CT molecular complexity index is 2770. The van der Waals surface area contributed by atoms with Gasteiger partial charge in [-0.1, -0.05) is 60.7 Å². The summed E-state index contributed by atoms with van der Waals surface area (Å²) < 4.78 is 60.4. The summed E-state index contributed by atoms with van der Waals surface area (Å²) in [7, 11) is -0.973. The van der Waals surface area contributed by atoms with Crippen molar-refractivity contribution in [3.8, 4) is 0 Å². The zero-order valence-corrected chi connectivity index (χ0v) is 38.7. The normalized spacial score (nSPS) is 15.8. The topological polar surface area (TPSA) is 198 Å². The number of rotatable bonds is 6. The van der Waals surface area contributed by atoms with Gasteiger partial charge < -0.3 is 31.1 Å². The summed E-state index contributed by atoms with van der Waals surface area (Å²) >= 11 is 0. The first-order valence-corrected chi connectivity index (χ1v) is 24.2. The number of nitrogens with zero attached hydrogens (tertiary/aromatic N) is 4.